The number of nitrogen functional groups attached to an aromatic ring is 1. The summed E-state index contributed by atoms with van der Waals surface area (Å²) < 4.78 is 0. The molecule has 2 aromatic rings. The van der Waals surface area contributed by atoms with Crippen LogP contribution in [0.5, 0.6) is 0 Å². The summed E-state index contributed by atoms with van der Waals surface area (Å²) in [6, 6.07) is 4.07. The molecule has 2 aromatic heterocycles. The van der Waals surface area contributed by atoms with Gasteiger partial charge in [-0.05, 0) is 19.4 Å². The molecule has 0 aliphatic rings. The second-order valence-electron chi connectivity index (χ2n) is 4.56. The zero-order valence-corrected chi connectivity index (χ0v) is 12.7. The van der Waals surface area contributed by atoms with Gasteiger partial charge in [-0.25, -0.2) is 15.8 Å². The van der Waals surface area contributed by atoms with E-state index >= 15 is 0 Å². The van der Waals surface area contributed by atoms with Gasteiger partial charge in [-0.15, -0.1) is 11.3 Å². The summed E-state index contributed by atoms with van der Waals surface area (Å²) >= 11 is 1.58. The van der Waals surface area contributed by atoms with Crippen molar-refractivity contribution in [1.29, 1.82) is 10.5 Å². The number of nitriles is 2. The van der Waals surface area contributed by atoms with E-state index in [-0.39, 0.29) is 13.1 Å². The topological polar surface area (TPSA) is 115 Å². The minimum atomic E-state index is 0.156. The van der Waals surface area contributed by atoms with Gasteiger partial charge in [0.05, 0.1) is 37.2 Å². The highest BCUT2D eigenvalue weighted by molar-refractivity contribution is 7.18. The zero-order chi connectivity index (χ0) is 15.4. The average molecular weight is 301 g/mol. The van der Waals surface area contributed by atoms with E-state index in [1.807, 2.05) is 26.0 Å². The Morgan fingerprint density at radius 2 is 1.90 bits per heavy atom. The first-order chi connectivity index (χ1) is 10.1. The van der Waals surface area contributed by atoms with Gasteiger partial charge in [0.2, 0.25) is 0 Å². The van der Waals surface area contributed by atoms with Crippen molar-refractivity contribution >= 4 is 27.4 Å². The van der Waals surface area contributed by atoms with Crippen LogP contribution in [0, 0.1) is 36.5 Å². The normalized spacial score (nSPS) is 10.6. The Bertz CT molecular complexity index is 722. The number of aryl methyl sites for hydroxylation is 2. The number of anilines is 1. The molecule has 0 aliphatic heterocycles. The number of aromatic nitrogens is 2. The molecule has 2 rings (SSSR count). The Kier molecular flexibility index (Phi) is 4.66. The van der Waals surface area contributed by atoms with Crippen molar-refractivity contribution in [1.82, 2.24) is 14.9 Å². The van der Waals surface area contributed by atoms with Gasteiger partial charge in [0, 0.05) is 4.88 Å². The minimum absolute atomic E-state index is 0.156. The van der Waals surface area contributed by atoms with Crippen molar-refractivity contribution < 1.29 is 0 Å². The van der Waals surface area contributed by atoms with Crippen molar-refractivity contribution in [2.75, 3.05) is 18.5 Å². The SMILES string of the molecule is Cc1sc2nc(CN(CC#N)CC#N)nc(NN)c2c1C. The van der Waals surface area contributed by atoms with Crippen LogP contribution < -0.4 is 11.3 Å². The average Bonchev–Trinajstić information content (AvgIpc) is 2.74. The Morgan fingerprint density at radius 1 is 1.24 bits per heavy atom. The number of nitrogens with two attached hydrogens (primary N) is 1. The third-order valence-electron chi connectivity index (χ3n) is 3.17. The highest BCUT2D eigenvalue weighted by atomic mass is 32.1. The summed E-state index contributed by atoms with van der Waals surface area (Å²) in [4.78, 5) is 12.6. The number of nitrogens with zero attached hydrogens (tertiary/aromatic N) is 5. The molecule has 0 spiro atoms. The number of hydrazine groups is 1. The molecule has 3 N–H and O–H groups in total. The molecule has 7 nitrogen and oxygen atoms in total. The van der Waals surface area contributed by atoms with Crippen molar-refractivity contribution in [2.45, 2.75) is 20.4 Å². The molecule has 0 unspecified atom stereocenters. The van der Waals surface area contributed by atoms with Crippen LogP contribution in [-0.4, -0.2) is 28.0 Å². The van der Waals surface area contributed by atoms with Gasteiger partial charge < -0.3 is 5.43 Å². The van der Waals surface area contributed by atoms with E-state index in [1.165, 1.54) is 4.88 Å². The molecule has 108 valence electrons. The van der Waals surface area contributed by atoms with Crippen LogP contribution in [0.2, 0.25) is 0 Å². The molecule has 0 bridgehead atoms. The van der Waals surface area contributed by atoms with Crippen molar-refractivity contribution in [3.63, 3.8) is 0 Å². The molecule has 8 heteroatoms. The predicted octanol–water partition coefficient (Wildman–Crippen LogP) is 1.44. The number of thiophene rings is 1. The fourth-order valence-corrected chi connectivity index (χ4v) is 3.08. The molecule has 0 fully saturated rings. The van der Waals surface area contributed by atoms with Crippen LogP contribution in [0.1, 0.15) is 16.3 Å². The maximum atomic E-state index is 8.78. The van der Waals surface area contributed by atoms with Gasteiger partial charge in [-0.1, -0.05) is 0 Å². The van der Waals surface area contributed by atoms with E-state index in [1.54, 1.807) is 16.2 Å². The first-order valence-electron chi connectivity index (χ1n) is 6.30. The zero-order valence-electron chi connectivity index (χ0n) is 11.8. The lowest BCUT2D eigenvalue weighted by atomic mass is 10.2. The molecule has 21 heavy (non-hydrogen) atoms. The van der Waals surface area contributed by atoms with Gasteiger partial charge in [-0.3, -0.25) is 4.90 Å². The van der Waals surface area contributed by atoms with Gasteiger partial charge >= 0.3 is 0 Å². The van der Waals surface area contributed by atoms with Gasteiger partial charge in [0.25, 0.3) is 0 Å². The fourth-order valence-electron chi connectivity index (χ4n) is 2.04. The van der Waals surface area contributed by atoms with E-state index in [4.69, 9.17) is 16.4 Å². The Hall–Kier alpha value is -2.26. The molecular formula is C13H15N7S. The summed E-state index contributed by atoms with van der Waals surface area (Å²) in [6.07, 6.45) is 0. The Morgan fingerprint density at radius 3 is 2.48 bits per heavy atom. The minimum Gasteiger partial charge on any atom is -0.308 e. The van der Waals surface area contributed by atoms with Crippen LogP contribution in [0.15, 0.2) is 0 Å². The quantitative estimate of drug-likeness (QED) is 0.488. The largest absolute Gasteiger partial charge is 0.308 e. The van der Waals surface area contributed by atoms with Crippen LogP contribution in [0.4, 0.5) is 5.82 Å². The molecule has 0 saturated carbocycles. The van der Waals surface area contributed by atoms with E-state index in [0.29, 0.717) is 18.2 Å². The maximum absolute atomic E-state index is 8.78. The second kappa shape index (κ2) is 6.46. The molecule has 0 aliphatic carbocycles. The van der Waals surface area contributed by atoms with Gasteiger partial charge in [0.15, 0.2) is 5.82 Å². The summed E-state index contributed by atoms with van der Waals surface area (Å²) in [6.45, 7) is 4.68. The lowest BCUT2D eigenvalue weighted by Gasteiger charge is -2.14. The van der Waals surface area contributed by atoms with Crippen molar-refractivity contribution in [3.8, 4) is 12.1 Å². The lowest BCUT2D eigenvalue weighted by Crippen LogP contribution is -2.25. The molecule has 0 amide bonds. The number of fused-ring (bicyclic) bond motifs is 1. The predicted molar refractivity (Wildman–Crippen MR) is 81.2 cm³/mol. The molecule has 0 radical (unpaired) electrons. The fraction of sp³-hybridized carbons (Fsp3) is 0.385. The van der Waals surface area contributed by atoms with Crippen LogP contribution >= 0.6 is 11.3 Å². The molecule has 0 saturated heterocycles. The van der Waals surface area contributed by atoms with Gasteiger partial charge in [0.1, 0.15) is 10.7 Å². The molecule has 0 atom stereocenters. The van der Waals surface area contributed by atoms with Crippen LogP contribution in [0.25, 0.3) is 10.2 Å². The number of hydrogen-bond acceptors (Lipinski definition) is 8. The summed E-state index contributed by atoms with van der Waals surface area (Å²) in [5.74, 6) is 6.68. The third-order valence-corrected chi connectivity index (χ3v) is 4.27. The molecule has 0 aromatic carbocycles. The highest BCUT2D eigenvalue weighted by Crippen LogP contribution is 2.32. The van der Waals surface area contributed by atoms with Crippen LogP contribution in [0.3, 0.4) is 0 Å². The number of hydrogen-bond donors (Lipinski definition) is 2. The first kappa shape index (κ1) is 15.1. The first-order valence-corrected chi connectivity index (χ1v) is 7.11. The lowest BCUT2D eigenvalue weighted by molar-refractivity contribution is 0.326. The smallest absolute Gasteiger partial charge is 0.152 e. The summed E-state index contributed by atoms with van der Waals surface area (Å²) in [7, 11) is 0. The number of rotatable bonds is 5. The van der Waals surface area contributed by atoms with Crippen molar-refractivity contribution in [3.05, 3.63) is 16.3 Å². The molecular weight excluding hydrogens is 286 g/mol. The second-order valence-corrected chi connectivity index (χ2v) is 5.76. The van der Waals surface area contributed by atoms with Crippen LogP contribution in [-0.2, 0) is 6.54 Å². The van der Waals surface area contributed by atoms with E-state index in [9.17, 15) is 0 Å². The number of nitrogens with one attached hydrogen (secondary N) is 1. The third kappa shape index (κ3) is 3.09. The Labute approximate surface area is 126 Å². The van der Waals surface area contributed by atoms with E-state index in [0.717, 1.165) is 15.8 Å². The molecule has 2 heterocycles. The summed E-state index contributed by atoms with van der Waals surface area (Å²) in [5, 5.41) is 18.5. The van der Waals surface area contributed by atoms with E-state index in [2.05, 4.69) is 15.4 Å². The monoisotopic (exact) mass is 301 g/mol. The maximum Gasteiger partial charge on any atom is 0.152 e. The Balaban J connectivity index is 2.42. The van der Waals surface area contributed by atoms with E-state index < -0.39 is 0 Å². The standard InChI is InChI=1S/C13H15N7S/c1-8-9(2)21-13-11(8)12(19-16)17-10(18-13)7-20(5-3-14)6-4-15/h5-7,16H2,1-2H3,(H,17,18,19). The van der Waals surface area contributed by atoms with Crippen molar-refractivity contribution in [2.24, 2.45) is 5.84 Å². The van der Waals surface area contributed by atoms with Gasteiger partial charge in [-0.2, -0.15) is 10.5 Å². The highest BCUT2D eigenvalue weighted by Gasteiger charge is 2.15. The summed E-state index contributed by atoms with van der Waals surface area (Å²) in [5.41, 5.74) is 3.72.